The van der Waals surface area contributed by atoms with E-state index in [-0.39, 0.29) is 5.56 Å². The Kier molecular flexibility index (Phi) is 6.29. The highest BCUT2D eigenvalue weighted by molar-refractivity contribution is 7.16. The van der Waals surface area contributed by atoms with Gasteiger partial charge in [0.05, 0.1) is 36.2 Å². The van der Waals surface area contributed by atoms with E-state index in [4.69, 9.17) is 21.1 Å². The van der Waals surface area contributed by atoms with E-state index in [0.29, 0.717) is 45.0 Å². The van der Waals surface area contributed by atoms with Crippen molar-refractivity contribution in [3.63, 3.8) is 0 Å². The summed E-state index contributed by atoms with van der Waals surface area (Å²) < 4.78 is 12.5. The molecule has 0 saturated heterocycles. The molecule has 0 fully saturated rings. The molecule has 0 bridgehead atoms. The van der Waals surface area contributed by atoms with E-state index >= 15 is 0 Å². The number of nitrogens with one attached hydrogen (secondary N) is 2. The summed E-state index contributed by atoms with van der Waals surface area (Å²) in [6.07, 6.45) is 1.54. The molecule has 0 aliphatic rings. The van der Waals surface area contributed by atoms with Crippen LogP contribution in [0.3, 0.4) is 0 Å². The second-order valence-electron chi connectivity index (χ2n) is 6.67. The first-order valence-corrected chi connectivity index (χ1v) is 10.7. The van der Waals surface area contributed by atoms with E-state index in [2.05, 4.69) is 15.4 Å². The fourth-order valence-electron chi connectivity index (χ4n) is 3.13. The van der Waals surface area contributed by atoms with Gasteiger partial charge in [0.25, 0.3) is 11.5 Å². The minimum atomic E-state index is -0.421. The fourth-order valence-corrected chi connectivity index (χ4v) is 4.16. The lowest BCUT2D eigenvalue weighted by atomic mass is 10.2. The zero-order chi connectivity index (χ0) is 22.7. The van der Waals surface area contributed by atoms with Gasteiger partial charge in [0.2, 0.25) is 0 Å². The maximum atomic E-state index is 13.4. The molecule has 0 saturated carbocycles. The average Bonchev–Trinajstić information content (AvgIpc) is 3.43. The van der Waals surface area contributed by atoms with Crippen molar-refractivity contribution >= 4 is 34.7 Å². The minimum absolute atomic E-state index is 0.298. The van der Waals surface area contributed by atoms with Gasteiger partial charge in [-0.2, -0.15) is 9.78 Å². The molecule has 2 N–H and O–H groups in total. The second-order valence-corrected chi connectivity index (χ2v) is 8.47. The highest BCUT2D eigenvalue weighted by atomic mass is 35.5. The first-order chi connectivity index (χ1) is 15.5. The van der Waals surface area contributed by atoms with Crippen molar-refractivity contribution in [1.82, 2.24) is 14.8 Å². The lowest BCUT2D eigenvalue weighted by molar-refractivity contribution is 0.0945. The van der Waals surface area contributed by atoms with Crippen LogP contribution in [0.15, 0.2) is 59.5 Å². The van der Waals surface area contributed by atoms with Crippen LogP contribution in [-0.2, 0) is 6.54 Å². The zero-order valence-electron chi connectivity index (χ0n) is 17.2. The van der Waals surface area contributed by atoms with Crippen molar-refractivity contribution in [2.75, 3.05) is 19.5 Å². The first kappa shape index (κ1) is 21.7. The molecule has 8 nitrogen and oxygen atoms in total. The number of carbonyl (C=O) groups is 1. The molecular weight excluding hydrogens is 452 g/mol. The van der Waals surface area contributed by atoms with Crippen LogP contribution in [0.5, 0.6) is 11.5 Å². The molecule has 3 aromatic heterocycles. The third-order valence-electron chi connectivity index (χ3n) is 4.71. The summed E-state index contributed by atoms with van der Waals surface area (Å²) in [5.41, 5.74) is 0.706. The van der Waals surface area contributed by atoms with Crippen LogP contribution in [0.2, 0.25) is 4.34 Å². The van der Waals surface area contributed by atoms with Gasteiger partial charge in [0.15, 0.2) is 0 Å². The van der Waals surface area contributed by atoms with Gasteiger partial charge in [-0.1, -0.05) is 11.6 Å². The number of H-pyrrole nitrogens is 1. The summed E-state index contributed by atoms with van der Waals surface area (Å²) in [4.78, 5) is 29.3. The smallest absolute Gasteiger partial charge is 0.283 e. The fraction of sp³-hybridized carbons (Fsp3) is 0.136. The minimum Gasteiger partial charge on any atom is -0.497 e. The molecule has 164 valence electrons. The molecule has 32 heavy (non-hydrogen) atoms. The van der Waals surface area contributed by atoms with Crippen molar-refractivity contribution < 1.29 is 14.3 Å². The number of carbonyl (C=O) groups excluding carboxylic acids is 1. The maximum absolute atomic E-state index is 13.4. The zero-order valence-corrected chi connectivity index (χ0v) is 18.8. The Hall–Kier alpha value is -3.56. The Morgan fingerprint density at radius 3 is 2.72 bits per heavy atom. The van der Waals surface area contributed by atoms with Gasteiger partial charge < -0.3 is 19.8 Å². The standard InChI is InChI=1S/C22H19ClN4O4S/c1-30-13-5-7-16(18(10-13)31-2)22(29)27-20(25-12-14-6-8-19(23)32-14)11-17(26-27)15-4-3-9-24-21(15)28/h3-11,25H,12H2,1-2H3,(H,24,28). The molecule has 3 heterocycles. The number of rotatable bonds is 7. The predicted molar refractivity (Wildman–Crippen MR) is 124 cm³/mol. The Balaban J connectivity index is 1.76. The SMILES string of the molecule is COc1ccc(C(=O)n2nc(-c3ccc[nH]c3=O)cc2NCc2ccc(Cl)s2)c(OC)c1. The Morgan fingerprint density at radius 2 is 2.03 bits per heavy atom. The van der Waals surface area contributed by atoms with Gasteiger partial charge in [0.1, 0.15) is 23.0 Å². The number of aromatic nitrogens is 3. The number of thiophene rings is 1. The van der Waals surface area contributed by atoms with E-state index in [1.54, 1.807) is 36.4 Å². The monoisotopic (exact) mass is 470 g/mol. The summed E-state index contributed by atoms with van der Waals surface area (Å²) >= 11 is 7.45. The van der Waals surface area contributed by atoms with Crippen LogP contribution in [0.4, 0.5) is 5.82 Å². The van der Waals surface area contributed by atoms with Crippen molar-refractivity contribution in [1.29, 1.82) is 0 Å². The third kappa shape index (κ3) is 4.39. The molecule has 10 heteroatoms. The number of pyridine rings is 1. The average molecular weight is 471 g/mol. The van der Waals surface area contributed by atoms with E-state index in [1.165, 1.54) is 36.4 Å². The number of hydrogen-bond acceptors (Lipinski definition) is 7. The number of anilines is 1. The summed E-state index contributed by atoms with van der Waals surface area (Å²) in [5.74, 6) is 0.911. The Labute approximate surface area is 192 Å². The van der Waals surface area contributed by atoms with Crippen molar-refractivity contribution in [2.45, 2.75) is 6.54 Å². The topological polar surface area (TPSA) is 98.2 Å². The molecule has 4 aromatic rings. The quantitative estimate of drug-likeness (QED) is 0.418. The molecule has 0 amide bonds. The lowest BCUT2D eigenvalue weighted by Gasteiger charge is -2.12. The second kappa shape index (κ2) is 9.29. The van der Waals surface area contributed by atoms with Crippen LogP contribution < -0.4 is 20.3 Å². The van der Waals surface area contributed by atoms with Gasteiger partial charge in [0, 0.05) is 23.2 Å². The van der Waals surface area contributed by atoms with Gasteiger partial charge in [-0.25, -0.2) is 0 Å². The maximum Gasteiger partial charge on any atom is 0.283 e. The Bertz CT molecular complexity index is 1330. The number of aromatic amines is 1. The molecule has 0 unspecified atom stereocenters. The predicted octanol–water partition coefficient (Wildman–Crippen LogP) is 4.27. The molecule has 0 spiro atoms. The molecule has 1 aromatic carbocycles. The van der Waals surface area contributed by atoms with Crippen LogP contribution in [0, 0.1) is 0 Å². The van der Waals surface area contributed by atoms with Crippen molar-refractivity contribution in [3.8, 4) is 22.8 Å². The highest BCUT2D eigenvalue weighted by Crippen LogP contribution is 2.28. The summed E-state index contributed by atoms with van der Waals surface area (Å²) in [5, 5.41) is 7.65. The van der Waals surface area contributed by atoms with E-state index in [9.17, 15) is 9.59 Å². The number of hydrogen-bond donors (Lipinski definition) is 2. The van der Waals surface area contributed by atoms with Gasteiger partial charge in [-0.3, -0.25) is 9.59 Å². The number of ether oxygens (including phenoxy) is 2. The highest BCUT2D eigenvalue weighted by Gasteiger charge is 2.21. The van der Waals surface area contributed by atoms with Gasteiger partial charge in [-0.15, -0.1) is 11.3 Å². The normalized spacial score (nSPS) is 10.7. The van der Waals surface area contributed by atoms with Crippen molar-refractivity contribution in [3.05, 3.63) is 79.9 Å². The molecule has 0 atom stereocenters. The molecule has 4 rings (SSSR count). The number of methoxy groups -OCH3 is 2. The molecule has 0 aliphatic heterocycles. The largest absolute Gasteiger partial charge is 0.497 e. The van der Waals surface area contributed by atoms with E-state index in [0.717, 1.165) is 4.88 Å². The molecule has 0 aliphatic carbocycles. The number of benzene rings is 1. The van der Waals surface area contributed by atoms with E-state index in [1.807, 2.05) is 12.1 Å². The first-order valence-electron chi connectivity index (χ1n) is 9.53. The van der Waals surface area contributed by atoms with Crippen LogP contribution in [-0.4, -0.2) is 34.9 Å². The summed E-state index contributed by atoms with van der Waals surface area (Å²) in [6.45, 7) is 0.431. The van der Waals surface area contributed by atoms with Crippen LogP contribution in [0.25, 0.3) is 11.3 Å². The summed E-state index contributed by atoms with van der Waals surface area (Å²) in [7, 11) is 3.01. The number of nitrogens with zero attached hydrogens (tertiary/aromatic N) is 2. The van der Waals surface area contributed by atoms with Crippen LogP contribution >= 0.6 is 22.9 Å². The number of halogens is 1. The molecular formula is C22H19ClN4O4S. The summed E-state index contributed by atoms with van der Waals surface area (Å²) in [6, 6.07) is 13.6. The van der Waals surface area contributed by atoms with E-state index < -0.39 is 5.91 Å². The molecule has 0 radical (unpaired) electrons. The van der Waals surface area contributed by atoms with Crippen LogP contribution in [0.1, 0.15) is 15.2 Å². The third-order valence-corrected chi connectivity index (χ3v) is 5.94. The lowest BCUT2D eigenvalue weighted by Crippen LogP contribution is -2.18. The van der Waals surface area contributed by atoms with Crippen molar-refractivity contribution in [2.24, 2.45) is 0 Å². The van der Waals surface area contributed by atoms with Gasteiger partial charge in [-0.05, 0) is 36.4 Å². The Morgan fingerprint density at radius 1 is 1.19 bits per heavy atom. The van der Waals surface area contributed by atoms with Gasteiger partial charge >= 0.3 is 0 Å².